The van der Waals surface area contributed by atoms with Crippen LogP contribution < -0.4 is 10.1 Å². The number of thiophene rings is 1. The van der Waals surface area contributed by atoms with Gasteiger partial charge in [-0.05, 0) is 43.8 Å². The van der Waals surface area contributed by atoms with Crippen LogP contribution in [0.3, 0.4) is 0 Å². The van der Waals surface area contributed by atoms with E-state index in [0.717, 1.165) is 31.5 Å². The van der Waals surface area contributed by atoms with Crippen LogP contribution in [0.25, 0.3) is 0 Å². The molecule has 108 valence electrons. The van der Waals surface area contributed by atoms with Gasteiger partial charge in [-0.1, -0.05) is 34.5 Å². The smallest absolute Gasteiger partial charge is 0.124 e. The first kappa shape index (κ1) is 15.8. The van der Waals surface area contributed by atoms with Crippen LogP contribution in [0, 0.1) is 0 Å². The Kier molecular flexibility index (Phi) is 5.90. The van der Waals surface area contributed by atoms with Crippen molar-refractivity contribution in [2.75, 3.05) is 6.54 Å². The van der Waals surface area contributed by atoms with Crippen molar-refractivity contribution in [3.63, 3.8) is 0 Å². The van der Waals surface area contributed by atoms with Gasteiger partial charge in [-0.25, -0.2) is 0 Å². The Morgan fingerprint density at radius 1 is 1.35 bits per heavy atom. The normalized spacial score (nSPS) is 12.4. The van der Waals surface area contributed by atoms with E-state index >= 15 is 0 Å². The topological polar surface area (TPSA) is 21.3 Å². The van der Waals surface area contributed by atoms with E-state index in [1.807, 2.05) is 24.3 Å². The predicted octanol–water partition coefficient (Wildman–Crippen LogP) is 5.41. The molecule has 5 heteroatoms. The van der Waals surface area contributed by atoms with Crippen molar-refractivity contribution >= 4 is 38.9 Å². The standard InChI is InChI=1S/C15H17BrClNOS/c1-3-18-10(2)13-8-11(16)4-6-14(13)19-9-12-5-7-15(17)20-12/h4-8,10,18H,3,9H2,1-2H3. The van der Waals surface area contributed by atoms with Gasteiger partial charge in [0.1, 0.15) is 12.4 Å². The number of benzene rings is 1. The number of hydrogen-bond donors (Lipinski definition) is 1. The van der Waals surface area contributed by atoms with E-state index in [4.69, 9.17) is 16.3 Å². The molecule has 1 aromatic carbocycles. The molecule has 0 fully saturated rings. The van der Waals surface area contributed by atoms with Crippen LogP contribution in [0.4, 0.5) is 0 Å². The third-order valence-corrected chi connectivity index (χ3v) is 4.65. The number of ether oxygens (including phenoxy) is 1. The molecule has 2 nitrogen and oxygen atoms in total. The molecule has 2 rings (SSSR count). The van der Waals surface area contributed by atoms with Gasteiger partial charge < -0.3 is 10.1 Å². The van der Waals surface area contributed by atoms with Crippen LogP contribution in [-0.4, -0.2) is 6.54 Å². The average Bonchev–Trinajstić information content (AvgIpc) is 2.83. The molecule has 0 bridgehead atoms. The summed E-state index contributed by atoms with van der Waals surface area (Å²) in [5.74, 6) is 0.908. The first-order valence-electron chi connectivity index (χ1n) is 6.50. The summed E-state index contributed by atoms with van der Waals surface area (Å²) < 4.78 is 7.80. The van der Waals surface area contributed by atoms with Gasteiger partial charge in [0.2, 0.25) is 0 Å². The van der Waals surface area contributed by atoms with Crippen LogP contribution in [0.15, 0.2) is 34.8 Å². The molecule has 0 aliphatic carbocycles. The predicted molar refractivity (Wildman–Crippen MR) is 89.9 cm³/mol. The second-order valence-electron chi connectivity index (χ2n) is 4.46. The Morgan fingerprint density at radius 2 is 2.15 bits per heavy atom. The van der Waals surface area contributed by atoms with E-state index in [1.165, 1.54) is 0 Å². The SMILES string of the molecule is CCNC(C)c1cc(Br)ccc1OCc1ccc(Cl)s1. The lowest BCUT2D eigenvalue weighted by atomic mass is 10.1. The summed E-state index contributed by atoms with van der Waals surface area (Å²) in [5, 5.41) is 3.41. The Bertz CT molecular complexity index is 573. The van der Waals surface area contributed by atoms with Gasteiger partial charge in [-0.15, -0.1) is 11.3 Å². The quantitative estimate of drug-likeness (QED) is 0.729. The highest BCUT2D eigenvalue weighted by Crippen LogP contribution is 2.30. The second kappa shape index (κ2) is 7.46. The fourth-order valence-corrected chi connectivity index (χ4v) is 3.36. The van der Waals surface area contributed by atoms with Crippen LogP contribution in [0.1, 0.15) is 30.3 Å². The molecular weight excluding hydrogens is 358 g/mol. The largest absolute Gasteiger partial charge is 0.488 e. The maximum atomic E-state index is 5.95. The molecule has 0 amide bonds. The second-order valence-corrected chi connectivity index (χ2v) is 7.17. The van der Waals surface area contributed by atoms with E-state index in [9.17, 15) is 0 Å². The number of nitrogens with one attached hydrogen (secondary N) is 1. The van der Waals surface area contributed by atoms with Gasteiger partial charge in [-0.2, -0.15) is 0 Å². The van der Waals surface area contributed by atoms with Crippen molar-refractivity contribution in [1.82, 2.24) is 5.32 Å². The Hall–Kier alpha value is -0.550. The molecule has 0 aliphatic rings. The summed E-state index contributed by atoms with van der Waals surface area (Å²) in [5.41, 5.74) is 1.16. The lowest BCUT2D eigenvalue weighted by Gasteiger charge is -2.18. The van der Waals surface area contributed by atoms with Crippen LogP contribution in [0.5, 0.6) is 5.75 Å². The van der Waals surface area contributed by atoms with Crippen molar-refractivity contribution in [3.05, 3.63) is 49.6 Å². The lowest BCUT2D eigenvalue weighted by Crippen LogP contribution is -2.18. The van der Waals surface area contributed by atoms with Gasteiger partial charge in [-0.3, -0.25) is 0 Å². The summed E-state index contributed by atoms with van der Waals surface area (Å²) in [4.78, 5) is 1.12. The van der Waals surface area contributed by atoms with Crippen molar-refractivity contribution in [2.45, 2.75) is 26.5 Å². The van der Waals surface area contributed by atoms with Crippen LogP contribution in [-0.2, 0) is 6.61 Å². The molecule has 1 aromatic heterocycles. The van der Waals surface area contributed by atoms with Gasteiger partial charge in [0, 0.05) is 21.0 Å². The molecule has 0 aliphatic heterocycles. The Labute approximate surface area is 137 Å². The van der Waals surface area contributed by atoms with E-state index in [0.29, 0.717) is 6.61 Å². The molecule has 0 spiro atoms. The van der Waals surface area contributed by atoms with Crippen molar-refractivity contribution < 1.29 is 4.74 Å². The molecule has 2 aromatic rings. The number of rotatable bonds is 6. The fraction of sp³-hybridized carbons (Fsp3) is 0.333. The Morgan fingerprint density at radius 3 is 2.80 bits per heavy atom. The molecule has 1 atom stereocenters. The van der Waals surface area contributed by atoms with Crippen LogP contribution >= 0.6 is 38.9 Å². The average molecular weight is 375 g/mol. The third kappa shape index (κ3) is 4.22. The zero-order valence-corrected chi connectivity index (χ0v) is 14.6. The van der Waals surface area contributed by atoms with Crippen molar-refractivity contribution in [1.29, 1.82) is 0 Å². The molecule has 0 saturated heterocycles. The maximum absolute atomic E-state index is 5.95. The van der Waals surface area contributed by atoms with E-state index in [1.54, 1.807) is 11.3 Å². The highest BCUT2D eigenvalue weighted by Gasteiger charge is 2.12. The van der Waals surface area contributed by atoms with E-state index in [-0.39, 0.29) is 6.04 Å². The molecule has 0 saturated carbocycles. The number of halogens is 2. The van der Waals surface area contributed by atoms with E-state index < -0.39 is 0 Å². The molecule has 20 heavy (non-hydrogen) atoms. The van der Waals surface area contributed by atoms with Gasteiger partial charge in [0.25, 0.3) is 0 Å². The molecule has 0 radical (unpaired) electrons. The highest BCUT2D eigenvalue weighted by atomic mass is 79.9. The third-order valence-electron chi connectivity index (χ3n) is 2.95. The van der Waals surface area contributed by atoms with Crippen molar-refractivity contribution in [2.24, 2.45) is 0 Å². The summed E-state index contributed by atoms with van der Waals surface area (Å²) in [6.45, 7) is 5.71. The summed E-state index contributed by atoms with van der Waals surface area (Å²) in [7, 11) is 0. The maximum Gasteiger partial charge on any atom is 0.124 e. The first-order chi connectivity index (χ1) is 9.60. The molecule has 1 N–H and O–H groups in total. The summed E-state index contributed by atoms with van der Waals surface area (Å²) in [6.07, 6.45) is 0. The lowest BCUT2D eigenvalue weighted by molar-refractivity contribution is 0.303. The summed E-state index contributed by atoms with van der Waals surface area (Å²) >= 11 is 11.0. The first-order valence-corrected chi connectivity index (χ1v) is 8.48. The molecular formula is C15H17BrClNOS. The minimum absolute atomic E-state index is 0.249. The monoisotopic (exact) mass is 373 g/mol. The van der Waals surface area contributed by atoms with Gasteiger partial charge >= 0.3 is 0 Å². The van der Waals surface area contributed by atoms with Crippen molar-refractivity contribution in [3.8, 4) is 5.75 Å². The van der Waals surface area contributed by atoms with E-state index in [2.05, 4.69) is 41.2 Å². The highest BCUT2D eigenvalue weighted by molar-refractivity contribution is 9.10. The number of hydrogen-bond acceptors (Lipinski definition) is 3. The Balaban J connectivity index is 2.13. The molecule has 1 heterocycles. The zero-order valence-electron chi connectivity index (χ0n) is 11.5. The van der Waals surface area contributed by atoms with Crippen LogP contribution in [0.2, 0.25) is 4.34 Å². The fourth-order valence-electron chi connectivity index (χ4n) is 1.98. The minimum atomic E-state index is 0.249. The molecule has 1 unspecified atom stereocenters. The zero-order chi connectivity index (χ0) is 14.5. The minimum Gasteiger partial charge on any atom is -0.488 e. The van der Waals surface area contributed by atoms with Gasteiger partial charge in [0.15, 0.2) is 0 Å². The van der Waals surface area contributed by atoms with Gasteiger partial charge in [0.05, 0.1) is 4.34 Å². The summed E-state index contributed by atoms with van der Waals surface area (Å²) in [6, 6.07) is 10.2.